The van der Waals surface area contributed by atoms with Crippen molar-refractivity contribution in [3.8, 4) is 11.1 Å². The first-order valence-electron chi connectivity index (χ1n) is 9.22. The zero-order valence-electron chi connectivity index (χ0n) is 14.8. The minimum absolute atomic E-state index is 0.370. The molecule has 1 fully saturated rings. The second-order valence-electron chi connectivity index (χ2n) is 7.73. The average molecular weight is 332 g/mol. The Morgan fingerprint density at radius 2 is 2.08 bits per heavy atom. The molecule has 0 amide bonds. The summed E-state index contributed by atoms with van der Waals surface area (Å²) in [6.07, 6.45) is 7.85. The Hall–Kier alpha value is -2.35. The van der Waals surface area contributed by atoms with Gasteiger partial charge in [-0.3, -0.25) is 0 Å². The fraction of sp³-hybridized carbons (Fsp3) is 0.348. The van der Waals surface area contributed by atoms with Crippen LogP contribution in [0.15, 0.2) is 42.5 Å². The lowest BCUT2D eigenvalue weighted by atomic mass is 9.87. The fourth-order valence-electron chi connectivity index (χ4n) is 4.11. The van der Waals surface area contributed by atoms with E-state index in [4.69, 9.17) is 0 Å². The van der Waals surface area contributed by atoms with Gasteiger partial charge in [-0.05, 0) is 70.9 Å². The molecule has 0 heterocycles. The first kappa shape index (κ1) is 16.1. The quantitative estimate of drug-likeness (QED) is 0.771. The van der Waals surface area contributed by atoms with E-state index in [0.29, 0.717) is 11.5 Å². The lowest BCUT2D eigenvalue weighted by Gasteiger charge is -2.17. The molecule has 2 unspecified atom stereocenters. The highest BCUT2D eigenvalue weighted by Gasteiger charge is 2.41. The largest absolute Gasteiger partial charge is 0.478 e. The van der Waals surface area contributed by atoms with E-state index in [9.17, 15) is 9.90 Å². The highest BCUT2D eigenvalue weighted by atomic mass is 16.4. The number of fused-ring (bicyclic) bond motifs is 3. The summed E-state index contributed by atoms with van der Waals surface area (Å²) >= 11 is 0. The maximum absolute atomic E-state index is 11.7. The average Bonchev–Trinajstić information content (AvgIpc) is 3.39. The molecule has 2 aliphatic carbocycles. The van der Waals surface area contributed by atoms with E-state index >= 15 is 0 Å². The second-order valence-corrected chi connectivity index (χ2v) is 7.73. The van der Waals surface area contributed by atoms with Gasteiger partial charge in [0.1, 0.15) is 0 Å². The number of carbonyl (C=O) groups is 1. The van der Waals surface area contributed by atoms with Gasteiger partial charge in [0.25, 0.3) is 0 Å². The SMILES string of the molecule is CC(C)C=Cc1c(C(=O)O)cccc1-c1ccc2c(c1)CCC1CC21. The number of aryl methyl sites for hydroxylation is 1. The Morgan fingerprint density at radius 1 is 1.24 bits per heavy atom. The maximum atomic E-state index is 11.7. The predicted molar refractivity (Wildman–Crippen MR) is 102 cm³/mol. The molecular weight excluding hydrogens is 308 g/mol. The molecule has 0 radical (unpaired) electrons. The summed E-state index contributed by atoms with van der Waals surface area (Å²) in [5, 5.41) is 9.60. The van der Waals surface area contributed by atoms with Crippen LogP contribution >= 0.6 is 0 Å². The van der Waals surface area contributed by atoms with Crippen molar-refractivity contribution in [2.75, 3.05) is 0 Å². The van der Waals surface area contributed by atoms with Crippen LogP contribution in [0, 0.1) is 11.8 Å². The molecule has 2 aromatic rings. The molecule has 2 atom stereocenters. The van der Waals surface area contributed by atoms with Gasteiger partial charge in [-0.1, -0.05) is 56.3 Å². The molecule has 2 aromatic carbocycles. The van der Waals surface area contributed by atoms with Crippen molar-refractivity contribution >= 4 is 12.0 Å². The van der Waals surface area contributed by atoms with E-state index in [0.717, 1.165) is 34.9 Å². The molecule has 0 spiro atoms. The van der Waals surface area contributed by atoms with Gasteiger partial charge in [0.05, 0.1) is 5.56 Å². The number of benzene rings is 2. The van der Waals surface area contributed by atoms with Gasteiger partial charge in [-0.15, -0.1) is 0 Å². The number of allylic oxidation sites excluding steroid dienone is 1. The van der Waals surface area contributed by atoms with Gasteiger partial charge in [-0.2, -0.15) is 0 Å². The Kier molecular flexibility index (Phi) is 3.99. The lowest BCUT2D eigenvalue weighted by molar-refractivity contribution is 0.0696. The molecular formula is C23H24O2. The molecule has 0 bridgehead atoms. The molecule has 2 aliphatic rings. The summed E-state index contributed by atoms with van der Waals surface area (Å²) in [6, 6.07) is 12.3. The summed E-state index contributed by atoms with van der Waals surface area (Å²) in [6.45, 7) is 4.20. The molecule has 1 saturated carbocycles. The zero-order chi connectivity index (χ0) is 17.6. The van der Waals surface area contributed by atoms with E-state index in [2.05, 4.69) is 38.1 Å². The number of carboxylic acid groups (broad SMARTS) is 1. The smallest absolute Gasteiger partial charge is 0.336 e. The summed E-state index contributed by atoms with van der Waals surface area (Å²) in [5.41, 5.74) is 6.30. The lowest BCUT2D eigenvalue weighted by Crippen LogP contribution is -2.03. The number of carboxylic acids is 1. The second kappa shape index (κ2) is 6.18. The molecule has 25 heavy (non-hydrogen) atoms. The Labute approximate surface area is 149 Å². The molecule has 1 N–H and O–H groups in total. The van der Waals surface area contributed by atoms with Crippen LogP contribution in [0.2, 0.25) is 0 Å². The molecule has 0 saturated heterocycles. The van der Waals surface area contributed by atoms with Crippen LogP contribution in [-0.2, 0) is 6.42 Å². The van der Waals surface area contributed by atoms with Gasteiger partial charge in [-0.25, -0.2) is 4.79 Å². The van der Waals surface area contributed by atoms with Gasteiger partial charge < -0.3 is 5.11 Å². The summed E-state index contributed by atoms with van der Waals surface area (Å²) in [4.78, 5) is 11.7. The number of hydrogen-bond acceptors (Lipinski definition) is 1. The summed E-state index contributed by atoms with van der Waals surface area (Å²) < 4.78 is 0. The minimum Gasteiger partial charge on any atom is -0.478 e. The standard InChI is InChI=1S/C23H24O2/c1-14(2)6-10-20-18(4-3-5-21(20)23(24)25)16-9-11-19-15(12-16)7-8-17-13-22(17)19/h3-6,9-12,14,17,22H,7-8,13H2,1-2H3,(H,24,25). The van der Waals surface area contributed by atoms with Crippen molar-refractivity contribution in [2.45, 2.75) is 39.0 Å². The van der Waals surface area contributed by atoms with Gasteiger partial charge in [0, 0.05) is 0 Å². The van der Waals surface area contributed by atoms with Crippen LogP contribution in [0.5, 0.6) is 0 Å². The molecule has 4 rings (SSSR count). The van der Waals surface area contributed by atoms with Crippen molar-refractivity contribution in [2.24, 2.45) is 11.8 Å². The monoisotopic (exact) mass is 332 g/mol. The van der Waals surface area contributed by atoms with Crippen LogP contribution < -0.4 is 0 Å². The fourth-order valence-corrected chi connectivity index (χ4v) is 4.11. The predicted octanol–water partition coefficient (Wildman–Crippen LogP) is 5.77. The van der Waals surface area contributed by atoms with E-state index in [1.807, 2.05) is 18.2 Å². The Balaban J connectivity index is 1.82. The van der Waals surface area contributed by atoms with Gasteiger partial charge >= 0.3 is 5.97 Å². The van der Waals surface area contributed by atoms with E-state index < -0.39 is 5.97 Å². The summed E-state index contributed by atoms with van der Waals surface area (Å²) in [5.74, 6) is 1.20. The molecule has 0 aromatic heterocycles. The highest BCUT2D eigenvalue weighted by Crippen LogP contribution is 2.54. The molecule has 2 nitrogen and oxygen atoms in total. The first-order valence-corrected chi connectivity index (χ1v) is 9.22. The Bertz CT molecular complexity index is 860. The third-order valence-electron chi connectivity index (χ3n) is 5.54. The third kappa shape index (κ3) is 3.02. The van der Waals surface area contributed by atoms with Crippen LogP contribution in [-0.4, -0.2) is 11.1 Å². The minimum atomic E-state index is -0.871. The van der Waals surface area contributed by atoms with Crippen LogP contribution in [0.25, 0.3) is 17.2 Å². The van der Waals surface area contributed by atoms with Gasteiger partial charge in [0.2, 0.25) is 0 Å². The van der Waals surface area contributed by atoms with E-state index in [1.165, 1.54) is 24.0 Å². The third-order valence-corrected chi connectivity index (χ3v) is 5.54. The zero-order valence-corrected chi connectivity index (χ0v) is 14.8. The van der Waals surface area contributed by atoms with Crippen molar-refractivity contribution in [1.82, 2.24) is 0 Å². The van der Waals surface area contributed by atoms with Gasteiger partial charge in [0.15, 0.2) is 0 Å². The van der Waals surface area contributed by atoms with Crippen LogP contribution in [0.1, 0.15) is 59.7 Å². The first-order chi connectivity index (χ1) is 12.0. The van der Waals surface area contributed by atoms with Crippen molar-refractivity contribution in [3.63, 3.8) is 0 Å². The highest BCUT2D eigenvalue weighted by molar-refractivity contribution is 5.96. The number of aromatic carboxylic acids is 1. The van der Waals surface area contributed by atoms with Crippen molar-refractivity contribution in [3.05, 3.63) is 64.7 Å². The molecule has 0 aliphatic heterocycles. The maximum Gasteiger partial charge on any atom is 0.336 e. The van der Waals surface area contributed by atoms with Crippen LogP contribution in [0.3, 0.4) is 0 Å². The Morgan fingerprint density at radius 3 is 2.84 bits per heavy atom. The molecule has 128 valence electrons. The number of hydrogen-bond donors (Lipinski definition) is 1. The van der Waals surface area contributed by atoms with Crippen LogP contribution in [0.4, 0.5) is 0 Å². The number of rotatable bonds is 4. The van der Waals surface area contributed by atoms with E-state index in [1.54, 1.807) is 6.07 Å². The normalized spacial score (nSPS) is 21.2. The van der Waals surface area contributed by atoms with Crippen molar-refractivity contribution in [1.29, 1.82) is 0 Å². The van der Waals surface area contributed by atoms with E-state index in [-0.39, 0.29) is 0 Å². The van der Waals surface area contributed by atoms with Crippen molar-refractivity contribution < 1.29 is 9.90 Å². The summed E-state index contributed by atoms with van der Waals surface area (Å²) in [7, 11) is 0. The topological polar surface area (TPSA) is 37.3 Å². The molecule has 2 heteroatoms.